The van der Waals surface area contributed by atoms with Gasteiger partial charge in [-0.3, -0.25) is 4.99 Å². The minimum atomic E-state index is 0.861. The summed E-state index contributed by atoms with van der Waals surface area (Å²) in [7, 11) is 0. The molecule has 4 nitrogen and oxygen atoms in total. The van der Waals surface area contributed by atoms with Crippen LogP contribution in [0.5, 0.6) is 0 Å². The van der Waals surface area contributed by atoms with Gasteiger partial charge >= 0.3 is 0 Å². The van der Waals surface area contributed by atoms with Crippen LogP contribution in [0.2, 0.25) is 0 Å². The van der Waals surface area contributed by atoms with Gasteiger partial charge < -0.3 is 16.0 Å². The summed E-state index contributed by atoms with van der Waals surface area (Å²) in [6.45, 7) is 4.98. The molecule has 4 heteroatoms. The highest BCUT2D eigenvalue weighted by Crippen LogP contribution is 2.15. The molecule has 2 heterocycles. The fourth-order valence-electron chi connectivity index (χ4n) is 2.22. The van der Waals surface area contributed by atoms with Gasteiger partial charge in [-0.1, -0.05) is 0 Å². The van der Waals surface area contributed by atoms with Gasteiger partial charge in [0.1, 0.15) is 0 Å². The van der Waals surface area contributed by atoms with Crippen LogP contribution in [0.15, 0.2) is 16.9 Å². The van der Waals surface area contributed by atoms with Crippen LogP contribution >= 0.6 is 0 Å². The van der Waals surface area contributed by atoms with Crippen molar-refractivity contribution in [2.75, 3.05) is 32.7 Å². The molecule has 0 radical (unpaired) electrons. The predicted octanol–water partition coefficient (Wildman–Crippen LogP) is 0.317. The monoisotopic (exact) mass is 208 g/mol. The van der Waals surface area contributed by atoms with Gasteiger partial charge in [0.05, 0.1) is 18.0 Å². The Balaban J connectivity index is 2.05. The normalized spacial score (nSPS) is 23.9. The molecule has 84 valence electrons. The van der Waals surface area contributed by atoms with Crippen molar-refractivity contribution < 1.29 is 0 Å². The van der Waals surface area contributed by atoms with Gasteiger partial charge in [-0.05, 0) is 19.3 Å². The zero-order valence-corrected chi connectivity index (χ0v) is 9.21. The Bertz CT molecular complexity index is 264. The predicted molar refractivity (Wildman–Crippen MR) is 62.9 cm³/mol. The Morgan fingerprint density at radius 1 is 1.33 bits per heavy atom. The Kier molecular flexibility index (Phi) is 3.61. The average Bonchev–Trinajstić information content (AvgIpc) is 2.33. The van der Waals surface area contributed by atoms with Crippen molar-refractivity contribution in [3.05, 3.63) is 11.9 Å². The molecule has 0 atom stereocenters. The largest absolute Gasteiger partial charge is 0.403 e. The van der Waals surface area contributed by atoms with Crippen LogP contribution in [-0.4, -0.2) is 43.3 Å². The van der Waals surface area contributed by atoms with E-state index in [-0.39, 0.29) is 0 Å². The first-order valence-corrected chi connectivity index (χ1v) is 5.83. The van der Waals surface area contributed by atoms with Crippen LogP contribution < -0.4 is 11.1 Å². The maximum absolute atomic E-state index is 5.72. The summed E-state index contributed by atoms with van der Waals surface area (Å²) in [6, 6.07) is 0. The van der Waals surface area contributed by atoms with Crippen molar-refractivity contribution in [2.45, 2.75) is 19.3 Å². The van der Waals surface area contributed by atoms with Crippen molar-refractivity contribution in [3.63, 3.8) is 0 Å². The lowest BCUT2D eigenvalue weighted by Gasteiger charge is -2.32. The van der Waals surface area contributed by atoms with E-state index in [1.165, 1.54) is 19.3 Å². The van der Waals surface area contributed by atoms with Crippen molar-refractivity contribution in [1.29, 1.82) is 0 Å². The number of piperidine rings is 1. The van der Waals surface area contributed by atoms with Crippen LogP contribution in [0.4, 0.5) is 0 Å². The summed E-state index contributed by atoms with van der Waals surface area (Å²) in [5, 5.41) is 3.33. The summed E-state index contributed by atoms with van der Waals surface area (Å²) in [5.41, 5.74) is 7.99. The van der Waals surface area contributed by atoms with E-state index in [0.717, 1.165) is 44.1 Å². The first-order valence-electron chi connectivity index (χ1n) is 5.83. The first kappa shape index (κ1) is 10.5. The molecule has 0 aromatic rings. The van der Waals surface area contributed by atoms with Crippen LogP contribution in [0.3, 0.4) is 0 Å². The molecule has 2 aliphatic rings. The van der Waals surface area contributed by atoms with Gasteiger partial charge in [-0.2, -0.15) is 0 Å². The molecule has 0 unspecified atom stereocenters. The number of hydrogen-bond acceptors (Lipinski definition) is 4. The summed E-state index contributed by atoms with van der Waals surface area (Å²) in [6.07, 6.45) is 5.62. The number of rotatable bonds is 2. The van der Waals surface area contributed by atoms with Gasteiger partial charge in [-0.25, -0.2) is 0 Å². The smallest absolute Gasteiger partial charge is 0.0751 e. The SMILES string of the molecule is NC=C(C1=NCCNC1)N1CCCCC1. The van der Waals surface area contributed by atoms with E-state index in [4.69, 9.17) is 5.73 Å². The zero-order valence-electron chi connectivity index (χ0n) is 9.21. The van der Waals surface area contributed by atoms with Crippen LogP contribution in [0.1, 0.15) is 19.3 Å². The maximum atomic E-state index is 5.72. The lowest BCUT2D eigenvalue weighted by molar-refractivity contribution is 0.296. The van der Waals surface area contributed by atoms with Gasteiger partial charge in [0, 0.05) is 32.4 Å². The van der Waals surface area contributed by atoms with Crippen LogP contribution in [0, 0.1) is 0 Å². The maximum Gasteiger partial charge on any atom is 0.0751 e. The Morgan fingerprint density at radius 3 is 2.73 bits per heavy atom. The second kappa shape index (κ2) is 5.16. The number of likely N-dealkylation sites (tertiary alicyclic amines) is 1. The lowest BCUT2D eigenvalue weighted by atomic mass is 10.1. The third-order valence-electron chi connectivity index (χ3n) is 3.03. The van der Waals surface area contributed by atoms with Crippen molar-refractivity contribution in [1.82, 2.24) is 10.2 Å². The minimum Gasteiger partial charge on any atom is -0.403 e. The molecule has 0 amide bonds. The Hall–Kier alpha value is -1.03. The third-order valence-corrected chi connectivity index (χ3v) is 3.03. The summed E-state index contributed by atoms with van der Waals surface area (Å²) >= 11 is 0. The molecule has 0 saturated carbocycles. The van der Waals surface area contributed by atoms with E-state index in [9.17, 15) is 0 Å². The molecule has 2 rings (SSSR count). The van der Waals surface area contributed by atoms with Crippen molar-refractivity contribution in [2.24, 2.45) is 10.7 Å². The lowest BCUT2D eigenvalue weighted by Crippen LogP contribution is -2.39. The topological polar surface area (TPSA) is 53.6 Å². The van der Waals surface area contributed by atoms with E-state index in [0.29, 0.717) is 0 Å². The van der Waals surface area contributed by atoms with Gasteiger partial charge in [-0.15, -0.1) is 0 Å². The van der Waals surface area contributed by atoms with E-state index in [2.05, 4.69) is 15.2 Å². The number of hydrogen-bond donors (Lipinski definition) is 2. The molecule has 1 saturated heterocycles. The van der Waals surface area contributed by atoms with E-state index >= 15 is 0 Å². The fraction of sp³-hybridized carbons (Fsp3) is 0.727. The molecule has 3 N–H and O–H groups in total. The van der Waals surface area contributed by atoms with Gasteiger partial charge in [0.2, 0.25) is 0 Å². The zero-order chi connectivity index (χ0) is 10.5. The molecule has 0 aliphatic carbocycles. The molecular formula is C11H20N4. The van der Waals surface area contributed by atoms with Gasteiger partial charge in [0.15, 0.2) is 0 Å². The number of aliphatic imine (C=N–C) groups is 1. The van der Waals surface area contributed by atoms with Crippen molar-refractivity contribution in [3.8, 4) is 0 Å². The van der Waals surface area contributed by atoms with Crippen molar-refractivity contribution >= 4 is 5.71 Å². The molecule has 0 bridgehead atoms. The summed E-state index contributed by atoms with van der Waals surface area (Å²) < 4.78 is 0. The molecule has 1 fully saturated rings. The van der Waals surface area contributed by atoms with E-state index < -0.39 is 0 Å². The third kappa shape index (κ3) is 2.50. The molecule has 0 aromatic heterocycles. The molecular weight excluding hydrogens is 188 g/mol. The van der Waals surface area contributed by atoms with Gasteiger partial charge in [0.25, 0.3) is 0 Å². The highest BCUT2D eigenvalue weighted by atomic mass is 15.2. The quantitative estimate of drug-likeness (QED) is 0.687. The fourth-order valence-corrected chi connectivity index (χ4v) is 2.22. The van der Waals surface area contributed by atoms with Crippen LogP contribution in [0.25, 0.3) is 0 Å². The van der Waals surface area contributed by atoms with Crippen LogP contribution in [-0.2, 0) is 0 Å². The summed E-state index contributed by atoms with van der Waals surface area (Å²) in [5.74, 6) is 0. The standard InChI is InChI=1S/C11H20N4/c12-8-11(10-9-13-4-5-14-10)15-6-2-1-3-7-15/h8,13H,1-7,9,12H2. The van der Waals surface area contributed by atoms with E-state index in [1.807, 2.05) is 0 Å². The second-order valence-electron chi connectivity index (χ2n) is 4.10. The molecule has 0 spiro atoms. The number of nitrogens with zero attached hydrogens (tertiary/aromatic N) is 2. The first-order chi connectivity index (χ1) is 7.42. The Morgan fingerprint density at radius 2 is 2.13 bits per heavy atom. The highest BCUT2D eigenvalue weighted by molar-refractivity contribution is 6.01. The molecule has 2 aliphatic heterocycles. The van der Waals surface area contributed by atoms with E-state index in [1.54, 1.807) is 6.20 Å². The molecule has 15 heavy (non-hydrogen) atoms. The number of nitrogens with two attached hydrogens (primary N) is 1. The second-order valence-corrected chi connectivity index (χ2v) is 4.10. The highest BCUT2D eigenvalue weighted by Gasteiger charge is 2.18. The Labute approximate surface area is 91.2 Å². The molecule has 0 aromatic carbocycles. The minimum absolute atomic E-state index is 0.861. The average molecular weight is 208 g/mol. The number of nitrogens with one attached hydrogen (secondary N) is 1. The summed E-state index contributed by atoms with van der Waals surface area (Å²) in [4.78, 5) is 6.91.